The van der Waals surface area contributed by atoms with Gasteiger partial charge >= 0.3 is 0 Å². The molecule has 1 saturated heterocycles. The van der Waals surface area contributed by atoms with Crippen molar-refractivity contribution in [3.8, 4) is 6.07 Å². The molecule has 0 spiro atoms. The topological polar surface area (TPSA) is 43.2 Å². The minimum absolute atomic E-state index is 0.179. The number of para-hydroxylation sites is 1. The van der Waals surface area contributed by atoms with Gasteiger partial charge in [0.15, 0.2) is 0 Å². The van der Waals surface area contributed by atoms with Crippen molar-refractivity contribution in [2.45, 2.75) is 0 Å². The first-order chi connectivity index (χ1) is 10.3. The standard InChI is InChI=1S/C16H15FN4/c17-15-3-1-2-4-16(15)21-9-7-20(8-10-21)14-5-6-19-13(11-14)12-18/h1-6,11H,7-10H2. The number of aromatic nitrogens is 1. The third-order valence-electron chi connectivity index (χ3n) is 3.70. The van der Waals surface area contributed by atoms with Crippen LogP contribution in [0.1, 0.15) is 5.69 Å². The fraction of sp³-hybridized carbons (Fsp3) is 0.250. The van der Waals surface area contributed by atoms with E-state index in [0.717, 1.165) is 31.9 Å². The molecule has 21 heavy (non-hydrogen) atoms. The maximum absolute atomic E-state index is 13.8. The third-order valence-corrected chi connectivity index (χ3v) is 3.70. The molecule has 4 nitrogen and oxygen atoms in total. The summed E-state index contributed by atoms with van der Waals surface area (Å²) in [5.74, 6) is -0.179. The number of rotatable bonds is 2. The minimum Gasteiger partial charge on any atom is -0.368 e. The highest BCUT2D eigenvalue weighted by Crippen LogP contribution is 2.22. The van der Waals surface area contributed by atoms with Crippen molar-refractivity contribution in [1.29, 1.82) is 5.26 Å². The zero-order valence-corrected chi connectivity index (χ0v) is 11.5. The summed E-state index contributed by atoms with van der Waals surface area (Å²) in [4.78, 5) is 8.23. The fourth-order valence-electron chi connectivity index (χ4n) is 2.59. The summed E-state index contributed by atoms with van der Waals surface area (Å²) in [6.07, 6.45) is 1.65. The SMILES string of the molecule is N#Cc1cc(N2CCN(c3ccccc3F)CC2)ccn1. The number of benzene rings is 1. The van der Waals surface area contributed by atoms with Gasteiger partial charge in [0.05, 0.1) is 5.69 Å². The molecule has 5 heteroatoms. The van der Waals surface area contributed by atoms with Crippen LogP contribution < -0.4 is 9.80 Å². The van der Waals surface area contributed by atoms with Crippen molar-refractivity contribution >= 4 is 11.4 Å². The van der Waals surface area contributed by atoms with Gasteiger partial charge in [-0.05, 0) is 24.3 Å². The van der Waals surface area contributed by atoms with Gasteiger partial charge in [-0.1, -0.05) is 12.1 Å². The van der Waals surface area contributed by atoms with E-state index in [2.05, 4.69) is 20.9 Å². The van der Waals surface area contributed by atoms with Gasteiger partial charge in [-0.25, -0.2) is 9.37 Å². The van der Waals surface area contributed by atoms with E-state index >= 15 is 0 Å². The minimum atomic E-state index is -0.179. The van der Waals surface area contributed by atoms with E-state index in [9.17, 15) is 4.39 Å². The van der Waals surface area contributed by atoms with Gasteiger partial charge in [-0.2, -0.15) is 5.26 Å². The van der Waals surface area contributed by atoms with E-state index in [1.165, 1.54) is 6.07 Å². The monoisotopic (exact) mass is 282 g/mol. The van der Waals surface area contributed by atoms with Crippen LogP contribution >= 0.6 is 0 Å². The maximum Gasteiger partial charge on any atom is 0.146 e. The Bertz CT molecular complexity index is 672. The molecule has 0 radical (unpaired) electrons. The fourth-order valence-corrected chi connectivity index (χ4v) is 2.59. The molecule has 0 bridgehead atoms. The molecule has 1 aliphatic rings. The number of piperazine rings is 1. The van der Waals surface area contributed by atoms with Crippen LogP contribution in [-0.4, -0.2) is 31.2 Å². The largest absolute Gasteiger partial charge is 0.368 e. The van der Waals surface area contributed by atoms with Gasteiger partial charge in [0.2, 0.25) is 0 Å². The van der Waals surface area contributed by atoms with Crippen molar-refractivity contribution < 1.29 is 4.39 Å². The summed E-state index contributed by atoms with van der Waals surface area (Å²) < 4.78 is 13.8. The van der Waals surface area contributed by atoms with E-state index in [4.69, 9.17) is 5.26 Å². The highest BCUT2D eigenvalue weighted by atomic mass is 19.1. The molecular formula is C16H15FN4. The lowest BCUT2D eigenvalue weighted by Gasteiger charge is -2.37. The molecule has 1 fully saturated rings. The molecule has 1 aromatic heterocycles. The molecule has 0 aliphatic carbocycles. The van der Waals surface area contributed by atoms with Crippen LogP contribution in [0.2, 0.25) is 0 Å². The average molecular weight is 282 g/mol. The first kappa shape index (κ1) is 13.4. The van der Waals surface area contributed by atoms with Gasteiger partial charge in [0.1, 0.15) is 17.6 Å². The van der Waals surface area contributed by atoms with Crippen molar-refractivity contribution in [2.24, 2.45) is 0 Å². The predicted octanol–water partition coefficient (Wildman–Crippen LogP) is 2.42. The third kappa shape index (κ3) is 2.79. The molecule has 0 amide bonds. The van der Waals surface area contributed by atoms with Crippen molar-refractivity contribution in [3.05, 3.63) is 54.1 Å². The molecule has 0 unspecified atom stereocenters. The molecule has 1 aliphatic heterocycles. The summed E-state index contributed by atoms with van der Waals surface area (Å²) in [7, 11) is 0. The summed E-state index contributed by atoms with van der Waals surface area (Å²) >= 11 is 0. The summed E-state index contributed by atoms with van der Waals surface area (Å²) in [5, 5.41) is 8.90. The van der Waals surface area contributed by atoms with Crippen LogP contribution in [0.5, 0.6) is 0 Å². The van der Waals surface area contributed by atoms with E-state index in [0.29, 0.717) is 11.4 Å². The molecule has 2 aromatic rings. The van der Waals surface area contributed by atoms with Gasteiger partial charge in [-0.15, -0.1) is 0 Å². The van der Waals surface area contributed by atoms with Crippen LogP contribution in [0.25, 0.3) is 0 Å². The smallest absolute Gasteiger partial charge is 0.146 e. The van der Waals surface area contributed by atoms with Gasteiger partial charge in [0, 0.05) is 38.1 Å². The Labute approximate surface area is 123 Å². The van der Waals surface area contributed by atoms with Crippen LogP contribution in [0.15, 0.2) is 42.6 Å². The lowest BCUT2D eigenvalue weighted by atomic mass is 10.2. The van der Waals surface area contributed by atoms with Crippen molar-refractivity contribution in [2.75, 3.05) is 36.0 Å². The number of nitrogens with zero attached hydrogens (tertiary/aromatic N) is 4. The number of hydrogen-bond donors (Lipinski definition) is 0. The van der Waals surface area contributed by atoms with Gasteiger partial charge in [-0.3, -0.25) is 0 Å². The van der Waals surface area contributed by atoms with E-state index in [1.807, 2.05) is 18.2 Å². The molecular weight excluding hydrogens is 267 g/mol. The van der Waals surface area contributed by atoms with E-state index < -0.39 is 0 Å². The second kappa shape index (κ2) is 5.80. The zero-order valence-electron chi connectivity index (χ0n) is 11.5. The molecule has 0 N–H and O–H groups in total. The first-order valence-electron chi connectivity index (χ1n) is 6.88. The zero-order chi connectivity index (χ0) is 14.7. The normalized spacial score (nSPS) is 14.9. The molecule has 0 saturated carbocycles. The Balaban J connectivity index is 1.71. The van der Waals surface area contributed by atoms with Crippen LogP contribution in [0.4, 0.5) is 15.8 Å². The number of hydrogen-bond acceptors (Lipinski definition) is 4. The molecule has 3 rings (SSSR count). The highest BCUT2D eigenvalue weighted by Gasteiger charge is 2.19. The predicted molar refractivity (Wildman–Crippen MR) is 79.8 cm³/mol. The number of halogens is 1. The Hall–Kier alpha value is -2.61. The van der Waals surface area contributed by atoms with E-state index in [-0.39, 0.29) is 5.82 Å². The van der Waals surface area contributed by atoms with Crippen molar-refractivity contribution in [3.63, 3.8) is 0 Å². The quantitative estimate of drug-likeness (QED) is 0.848. The number of nitriles is 1. The Kier molecular flexibility index (Phi) is 3.69. The summed E-state index contributed by atoms with van der Waals surface area (Å²) in [6, 6.07) is 12.6. The van der Waals surface area contributed by atoms with Crippen molar-refractivity contribution in [1.82, 2.24) is 4.98 Å². The van der Waals surface area contributed by atoms with Gasteiger partial charge in [0.25, 0.3) is 0 Å². The highest BCUT2D eigenvalue weighted by molar-refractivity contribution is 5.53. The first-order valence-corrected chi connectivity index (χ1v) is 6.88. The second-order valence-electron chi connectivity index (χ2n) is 4.94. The molecule has 2 heterocycles. The summed E-state index contributed by atoms with van der Waals surface area (Å²) in [5.41, 5.74) is 2.07. The van der Waals surface area contributed by atoms with Gasteiger partial charge < -0.3 is 9.80 Å². The molecule has 1 aromatic carbocycles. The number of anilines is 2. The maximum atomic E-state index is 13.8. The van der Waals surface area contributed by atoms with E-state index in [1.54, 1.807) is 18.3 Å². The lowest BCUT2D eigenvalue weighted by Crippen LogP contribution is -2.46. The number of pyridine rings is 1. The molecule has 0 atom stereocenters. The Morgan fingerprint density at radius 1 is 1.05 bits per heavy atom. The lowest BCUT2D eigenvalue weighted by molar-refractivity contribution is 0.598. The average Bonchev–Trinajstić information content (AvgIpc) is 2.56. The Morgan fingerprint density at radius 3 is 2.48 bits per heavy atom. The summed E-state index contributed by atoms with van der Waals surface area (Å²) in [6.45, 7) is 3.10. The van der Waals surface area contributed by atoms with Crippen LogP contribution in [0, 0.1) is 17.1 Å². The molecule has 106 valence electrons. The van der Waals surface area contributed by atoms with Crippen LogP contribution in [0.3, 0.4) is 0 Å². The second-order valence-corrected chi connectivity index (χ2v) is 4.94. The Morgan fingerprint density at radius 2 is 1.76 bits per heavy atom. The van der Waals surface area contributed by atoms with Crippen LogP contribution in [-0.2, 0) is 0 Å².